The van der Waals surface area contributed by atoms with Crippen LogP contribution in [0.15, 0.2) is 317 Å². The van der Waals surface area contributed by atoms with Crippen molar-refractivity contribution in [2.24, 2.45) is 0 Å². The van der Waals surface area contributed by atoms with E-state index in [1.807, 2.05) is 12.1 Å². The van der Waals surface area contributed by atoms with E-state index in [1.165, 1.54) is 87.2 Å². The molecule has 16 aromatic carbocycles. The summed E-state index contributed by atoms with van der Waals surface area (Å²) in [7, 11) is 0. The Morgan fingerprint density at radius 2 is 0.539 bits per heavy atom. The van der Waals surface area contributed by atoms with Gasteiger partial charge in [-0.1, -0.05) is 255 Å². The minimum atomic E-state index is 0.863. The van der Waals surface area contributed by atoms with Gasteiger partial charge >= 0.3 is 0 Å². The van der Waals surface area contributed by atoms with E-state index in [1.54, 1.807) is 0 Å². The summed E-state index contributed by atoms with van der Waals surface area (Å²) in [5.74, 6) is 0. The molecule has 3 nitrogen and oxygen atoms in total. The van der Waals surface area contributed by atoms with Gasteiger partial charge in [-0.2, -0.15) is 0 Å². The molecule has 0 saturated carbocycles. The second-order valence-electron chi connectivity index (χ2n) is 23.6. The highest BCUT2D eigenvalue weighted by atomic mass is 16.3. The third-order valence-corrected chi connectivity index (χ3v) is 18.9. The highest BCUT2D eigenvalue weighted by Crippen LogP contribution is 2.52. The monoisotopic (exact) mass is 1130 g/mol. The normalized spacial score (nSPS) is 12.0. The summed E-state index contributed by atoms with van der Waals surface area (Å²) in [5.41, 5.74) is 21.5. The Morgan fingerprint density at radius 1 is 0.169 bits per heavy atom. The summed E-state index contributed by atoms with van der Waals surface area (Å²) >= 11 is 0. The number of furan rings is 3. The summed E-state index contributed by atoms with van der Waals surface area (Å²) in [5, 5.41) is 18.6. The lowest BCUT2D eigenvalue weighted by atomic mass is 9.84. The zero-order valence-electron chi connectivity index (χ0n) is 48.1. The Kier molecular flexibility index (Phi) is 10.8. The van der Waals surface area contributed by atoms with Gasteiger partial charge in [-0.05, 0) is 169 Å². The topological polar surface area (TPSA) is 39.4 Å². The van der Waals surface area contributed by atoms with Gasteiger partial charge in [0.1, 0.15) is 33.5 Å². The fraction of sp³-hybridized carbons (Fsp3) is 0. The predicted octanol–water partition coefficient (Wildman–Crippen LogP) is 24.8. The van der Waals surface area contributed by atoms with Gasteiger partial charge in [-0.3, -0.25) is 0 Å². The maximum absolute atomic E-state index is 7.01. The molecule has 0 fully saturated rings. The SMILES string of the molecule is c1ccc(-c2c3ccccc3c(-c3ccc(-c4ccc5c(-c6ccc(-c7c8ccccc8c(-c8ccc(-c9ccc%10oc%11ccccc%11c%10c9)c9oc%10ccccc%10c89)c8ccccc78)cc6)cccc5c4)c4oc5ccccc5c34)c3ccccc23)cc1. The van der Waals surface area contributed by atoms with Crippen LogP contribution in [0.1, 0.15) is 0 Å². The highest BCUT2D eigenvalue weighted by Gasteiger charge is 2.26. The maximum Gasteiger partial charge on any atom is 0.143 e. The van der Waals surface area contributed by atoms with Gasteiger partial charge in [0.05, 0.1) is 0 Å². The van der Waals surface area contributed by atoms with E-state index in [0.717, 1.165) is 110 Å². The molecule has 412 valence electrons. The van der Waals surface area contributed by atoms with Crippen LogP contribution in [0.5, 0.6) is 0 Å². The van der Waals surface area contributed by atoms with E-state index >= 15 is 0 Å². The van der Waals surface area contributed by atoms with Crippen LogP contribution in [0.25, 0.3) is 198 Å². The van der Waals surface area contributed by atoms with Crippen molar-refractivity contribution in [2.75, 3.05) is 0 Å². The molecule has 0 aliphatic heterocycles. The van der Waals surface area contributed by atoms with E-state index < -0.39 is 0 Å². The molecule has 3 heteroatoms. The molecule has 0 N–H and O–H groups in total. The number of rotatable bonds is 7. The number of para-hydroxylation sites is 3. The van der Waals surface area contributed by atoms with Crippen LogP contribution in [0.4, 0.5) is 0 Å². The largest absolute Gasteiger partial charge is 0.456 e. The summed E-state index contributed by atoms with van der Waals surface area (Å²) in [4.78, 5) is 0. The molecule has 3 heterocycles. The Morgan fingerprint density at radius 3 is 1.06 bits per heavy atom. The van der Waals surface area contributed by atoms with Crippen molar-refractivity contribution in [3.05, 3.63) is 303 Å². The molecule has 0 bridgehead atoms. The third kappa shape index (κ3) is 7.46. The van der Waals surface area contributed by atoms with Gasteiger partial charge in [0.15, 0.2) is 0 Å². The third-order valence-electron chi connectivity index (χ3n) is 18.9. The molecule has 0 aliphatic carbocycles. The first kappa shape index (κ1) is 49.5. The second-order valence-corrected chi connectivity index (χ2v) is 23.6. The molecule has 0 spiro atoms. The van der Waals surface area contributed by atoms with Crippen molar-refractivity contribution in [1.29, 1.82) is 0 Å². The lowest BCUT2D eigenvalue weighted by Crippen LogP contribution is -1.92. The molecule has 0 radical (unpaired) electrons. The first-order chi connectivity index (χ1) is 44.2. The van der Waals surface area contributed by atoms with Gasteiger partial charge in [0.2, 0.25) is 0 Å². The van der Waals surface area contributed by atoms with Crippen LogP contribution in [-0.2, 0) is 0 Å². The van der Waals surface area contributed by atoms with Crippen LogP contribution < -0.4 is 0 Å². The van der Waals surface area contributed by atoms with Crippen molar-refractivity contribution in [2.45, 2.75) is 0 Å². The van der Waals surface area contributed by atoms with Crippen LogP contribution in [-0.4, -0.2) is 0 Å². The number of benzene rings is 16. The predicted molar refractivity (Wildman–Crippen MR) is 374 cm³/mol. The minimum Gasteiger partial charge on any atom is -0.456 e. The molecule has 19 aromatic rings. The molecule has 0 unspecified atom stereocenters. The van der Waals surface area contributed by atoms with Crippen molar-refractivity contribution >= 4 is 120 Å². The minimum absolute atomic E-state index is 0.863. The number of fused-ring (bicyclic) bond motifs is 14. The Bertz CT molecular complexity index is 6040. The number of hydrogen-bond acceptors (Lipinski definition) is 3. The van der Waals surface area contributed by atoms with Crippen molar-refractivity contribution in [3.8, 4) is 77.9 Å². The molecular weight excluding hydrogens is 1080 g/mol. The van der Waals surface area contributed by atoms with Crippen molar-refractivity contribution in [1.82, 2.24) is 0 Å². The fourth-order valence-corrected chi connectivity index (χ4v) is 15.0. The Labute approximate surface area is 511 Å². The lowest BCUT2D eigenvalue weighted by molar-refractivity contribution is 0.668. The molecule has 3 aromatic heterocycles. The van der Waals surface area contributed by atoms with Gasteiger partial charge in [0.25, 0.3) is 0 Å². The smallest absolute Gasteiger partial charge is 0.143 e. The number of hydrogen-bond donors (Lipinski definition) is 0. The van der Waals surface area contributed by atoms with Gasteiger partial charge < -0.3 is 13.3 Å². The molecule has 0 amide bonds. The summed E-state index contributed by atoms with van der Waals surface area (Å²) in [6.45, 7) is 0. The first-order valence-electron chi connectivity index (χ1n) is 30.5. The summed E-state index contributed by atoms with van der Waals surface area (Å²) in [6, 6.07) is 110. The molecule has 0 saturated heterocycles. The van der Waals surface area contributed by atoms with E-state index in [4.69, 9.17) is 13.3 Å². The van der Waals surface area contributed by atoms with E-state index in [9.17, 15) is 0 Å². The Balaban J connectivity index is 0.721. The molecule has 89 heavy (non-hydrogen) atoms. The van der Waals surface area contributed by atoms with Crippen LogP contribution in [0.3, 0.4) is 0 Å². The zero-order chi connectivity index (χ0) is 58.3. The first-order valence-corrected chi connectivity index (χ1v) is 30.5. The zero-order valence-corrected chi connectivity index (χ0v) is 48.1. The van der Waals surface area contributed by atoms with E-state index in [2.05, 4.69) is 291 Å². The maximum atomic E-state index is 7.01. The average Bonchev–Trinajstić information content (AvgIpc) is 1.79. The molecular formula is C86H50O3. The molecule has 0 atom stereocenters. The van der Waals surface area contributed by atoms with Crippen LogP contribution in [0.2, 0.25) is 0 Å². The van der Waals surface area contributed by atoms with Gasteiger partial charge in [0, 0.05) is 43.4 Å². The highest BCUT2D eigenvalue weighted by molar-refractivity contribution is 6.29. The second kappa shape index (κ2) is 19.4. The van der Waals surface area contributed by atoms with Crippen molar-refractivity contribution < 1.29 is 13.3 Å². The van der Waals surface area contributed by atoms with E-state index in [0.29, 0.717) is 0 Å². The standard InChI is InChI=1S/C86H50O3/c1-2-19-52(20-3-1)79-62-23-4-8-27-66(62)81(67-28-9-5-24-63(67)79)72-46-44-59(85-83(72)70-31-13-16-35-76(70)88-85)55-41-43-58-54(49-55)21-18-33-57(58)51-37-39-53(40-38-51)80-64-25-6-10-29-68(64)82(69-30-11-7-26-65(69)80)73-47-45-60(86-84(73)71-32-14-17-36-77(71)89-86)56-42-48-78-74(50-56)61-22-12-15-34-75(61)87-78/h1-50H. The Hall–Kier alpha value is -11.8. The average molecular weight is 1130 g/mol. The fourth-order valence-electron chi connectivity index (χ4n) is 15.0. The molecule has 0 aliphatic rings. The van der Waals surface area contributed by atoms with Crippen LogP contribution >= 0.6 is 0 Å². The quantitative estimate of drug-likeness (QED) is 0.149. The summed E-state index contributed by atoms with van der Waals surface area (Å²) in [6.07, 6.45) is 0. The lowest BCUT2D eigenvalue weighted by Gasteiger charge is -2.19. The van der Waals surface area contributed by atoms with E-state index in [-0.39, 0.29) is 0 Å². The van der Waals surface area contributed by atoms with Gasteiger partial charge in [-0.25, -0.2) is 0 Å². The summed E-state index contributed by atoms with van der Waals surface area (Å²) < 4.78 is 20.2. The van der Waals surface area contributed by atoms with Crippen LogP contribution in [0, 0.1) is 0 Å². The van der Waals surface area contributed by atoms with Gasteiger partial charge in [-0.15, -0.1) is 0 Å². The molecule has 19 rings (SSSR count). The van der Waals surface area contributed by atoms with Crippen molar-refractivity contribution in [3.63, 3.8) is 0 Å².